The van der Waals surface area contributed by atoms with E-state index in [-0.39, 0.29) is 22.5 Å². The van der Waals surface area contributed by atoms with Gasteiger partial charge in [0, 0.05) is 32.1 Å². The van der Waals surface area contributed by atoms with Crippen LogP contribution in [0, 0.1) is 24.7 Å². The lowest BCUT2D eigenvalue weighted by atomic mass is 9.89. The molecule has 0 radical (unpaired) electrons. The molecule has 0 N–H and O–H groups in total. The molecule has 2 aliphatic heterocycles. The second kappa shape index (κ2) is 9.23. The number of likely N-dealkylation sites (tertiary alicyclic amines) is 1. The number of rotatable bonds is 5. The zero-order chi connectivity index (χ0) is 22.9. The number of carbonyl (C=O) groups is 1. The molecule has 2 unspecified atom stereocenters. The molecule has 0 bridgehead atoms. The molecule has 0 aromatic carbocycles. The van der Waals surface area contributed by atoms with Crippen molar-refractivity contribution in [3.05, 3.63) is 35.6 Å². The minimum absolute atomic E-state index is 0.0729. The van der Waals surface area contributed by atoms with Crippen LogP contribution >= 0.6 is 0 Å². The van der Waals surface area contributed by atoms with Gasteiger partial charge >= 0.3 is 0 Å². The number of hydrogen-bond donors (Lipinski definition) is 0. The van der Waals surface area contributed by atoms with E-state index in [4.69, 9.17) is 8.94 Å². The van der Waals surface area contributed by atoms with E-state index in [2.05, 4.69) is 19.0 Å². The SMILES string of the molecule is Cc1noc(C=Cc2ccco2)c1S(=O)(=O)N1CCC(C(=O)N2CC(C)CC(C)C2)CC1. The van der Waals surface area contributed by atoms with Crippen molar-refractivity contribution in [2.24, 2.45) is 17.8 Å². The average molecular weight is 462 g/mol. The molecule has 2 aromatic heterocycles. The van der Waals surface area contributed by atoms with E-state index in [9.17, 15) is 13.2 Å². The Morgan fingerprint density at radius 2 is 1.84 bits per heavy atom. The number of sulfonamides is 1. The molecule has 0 spiro atoms. The molecule has 9 heteroatoms. The summed E-state index contributed by atoms with van der Waals surface area (Å²) in [4.78, 5) is 15.1. The van der Waals surface area contributed by atoms with Crippen LogP contribution in [0.3, 0.4) is 0 Å². The Balaban J connectivity index is 1.44. The number of nitrogens with zero attached hydrogens (tertiary/aromatic N) is 3. The number of aromatic nitrogens is 1. The highest BCUT2D eigenvalue weighted by Crippen LogP contribution is 2.31. The molecule has 2 aliphatic rings. The molecule has 8 nitrogen and oxygen atoms in total. The van der Waals surface area contributed by atoms with Gasteiger partial charge in [0.05, 0.1) is 6.26 Å². The van der Waals surface area contributed by atoms with Gasteiger partial charge < -0.3 is 13.8 Å². The van der Waals surface area contributed by atoms with E-state index in [0.717, 1.165) is 19.5 Å². The van der Waals surface area contributed by atoms with Crippen LogP contribution in [-0.2, 0) is 14.8 Å². The third-order valence-corrected chi connectivity index (χ3v) is 8.41. The molecule has 2 fully saturated rings. The topological polar surface area (TPSA) is 96.9 Å². The van der Waals surface area contributed by atoms with Gasteiger partial charge in [0.15, 0.2) is 10.7 Å². The highest BCUT2D eigenvalue weighted by atomic mass is 32.2. The number of hydrogen-bond acceptors (Lipinski definition) is 6. The lowest BCUT2D eigenvalue weighted by molar-refractivity contribution is -0.139. The second-order valence-electron chi connectivity index (χ2n) is 9.18. The van der Waals surface area contributed by atoms with Gasteiger partial charge in [0.2, 0.25) is 15.9 Å². The molecule has 4 heterocycles. The van der Waals surface area contributed by atoms with Crippen molar-refractivity contribution in [2.75, 3.05) is 26.2 Å². The summed E-state index contributed by atoms with van der Waals surface area (Å²) >= 11 is 0. The van der Waals surface area contributed by atoms with Gasteiger partial charge in [-0.25, -0.2) is 8.42 Å². The molecule has 2 aromatic rings. The summed E-state index contributed by atoms with van der Waals surface area (Å²) in [5, 5.41) is 3.87. The summed E-state index contributed by atoms with van der Waals surface area (Å²) in [5.41, 5.74) is 0.318. The molecular weight excluding hydrogens is 430 g/mol. The minimum atomic E-state index is -3.79. The lowest BCUT2D eigenvalue weighted by Gasteiger charge is -2.39. The Morgan fingerprint density at radius 1 is 1.16 bits per heavy atom. The lowest BCUT2D eigenvalue weighted by Crippen LogP contribution is -2.48. The van der Waals surface area contributed by atoms with Gasteiger partial charge in [-0.1, -0.05) is 19.0 Å². The zero-order valence-corrected chi connectivity index (χ0v) is 19.7. The summed E-state index contributed by atoms with van der Waals surface area (Å²) < 4.78 is 38.8. The predicted octanol–water partition coefficient (Wildman–Crippen LogP) is 3.65. The monoisotopic (exact) mass is 461 g/mol. The zero-order valence-electron chi connectivity index (χ0n) is 18.9. The number of carbonyl (C=O) groups excluding carboxylic acids is 1. The summed E-state index contributed by atoms with van der Waals surface area (Å²) in [7, 11) is -3.79. The predicted molar refractivity (Wildman–Crippen MR) is 120 cm³/mol. The first-order valence-electron chi connectivity index (χ1n) is 11.2. The van der Waals surface area contributed by atoms with Crippen molar-refractivity contribution in [1.82, 2.24) is 14.4 Å². The summed E-state index contributed by atoms with van der Waals surface area (Å²) in [5.74, 6) is 1.82. The molecule has 2 saturated heterocycles. The average Bonchev–Trinajstić information content (AvgIpc) is 3.40. The number of piperidine rings is 2. The number of aryl methyl sites for hydroxylation is 1. The molecule has 32 heavy (non-hydrogen) atoms. The first kappa shape index (κ1) is 22.8. The van der Waals surface area contributed by atoms with Crippen LogP contribution in [0.1, 0.15) is 50.3 Å². The fourth-order valence-electron chi connectivity index (χ4n) is 4.92. The Hall–Kier alpha value is -2.39. The Labute approximate surface area is 189 Å². The maximum atomic E-state index is 13.4. The third-order valence-electron chi connectivity index (χ3n) is 6.36. The van der Waals surface area contributed by atoms with E-state index in [0.29, 0.717) is 49.2 Å². The second-order valence-corrected chi connectivity index (χ2v) is 11.1. The van der Waals surface area contributed by atoms with Gasteiger partial charge in [0.1, 0.15) is 11.5 Å². The Kier molecular flexibility index (Phi) is 6.57. The number of amides is 1. The summed E-state index contributed by atoms with van der Waals surface area (Å²) in [6.45, 7) is 8.21. The molecular formula is C23H31N3O5S. The van der Waals surface area contributed by atoms with Crippen molar-refractivity contribution in [1.29, 1.82) is 0 Å². The van der Waals surface area contributed by atoms with Crippen molar-refractivity contribution >= 4 is 28.1 Å². The van der Waals surface area contributed by atoms with E-state index in [1.165, 1.54) is 4.31 Å². The molecule has 0 aliphatic carbocycles. The quantitative estimate of drug-likeness (QED) is 0.674. The van der Waals surface area contributed by atoms with Crippen molar-refractivity contribution < 1.29 is 22.2 Å². The molecule has 1 amide bonds. The van der Waals surface area contributed by atoms with Crippen molar-refractivity contribution in [2.45, 2.75) is 44.9 Å². The van der Waals surface area contributed by atoms with Gasteiger partial charge in [-0.05, 0) is 62.3 Å². The highest BCUT2D eigenvalue weighted by Gasteiger charge is 2.37. The van der Waals surface area contributed by atoms with Crippen LogP contribution in [0.4, 0.5) is 0 Å². The largest absolute Gasteiger partial charge is 0.465 e. The van der Waals surface area contributed by atoms with E-state index in [1.54, 1.807) is 37.5 Å². The Bertz CT molecular complexity index is 1060. The van der Waals surface area contributed by atoms with Crippen LogP contribution in [0.2, 0.25) is 0 Å². The van der Waals surface area contributed by atoms with E-state index in [1.807, 2.05) is 4.90 Å². The standard InChI is InChI=1S/C23H31N3O5S/c1-16-13-17(2)15-25(14-16)23(27)19-8-10-26(11-9-19)32(28,29)22-18(3)24-31-21(22)7-6-20-5-4-12-30-20/h4-7,12,16-17,19H,8-11,13-15H2,1-3H3. The van der Waals surface area contributed by atoms with Gasteiger partial charge in [-0.3, -0.25) is 4.79 Å². The smallest absolute Gasteiger partial charge is 0.248 e. The van der Waals surface area contributed by atoms with E-state index < -0.39 is 10.0 Å². The normalized spacial score (nSPS) is 23.8. The molecule has 4 rings (SSSR count). The van der Waals surface area contributed by atoms with Crippen LogP contribution in [0.5, 0.6) is 0 Å². The summed E-state index contributed by atoms with van der Waals surface area (Å²) in [6.07, 6.45) is 6.94. The maximum absolute atomic E-state index is 13.4. The first-order chi connectivity index (χ1) is 15.3. The molecule has 0 saturated carbocycles. The van der Waals surface area contributed by atoms with Crippen LogP contribution in [-0.4, -0.2) is 54.9 Å². The molecule has 174 valence electrons. The Morgan fingerprint density at radius 3 is 2.47 bits per heavy atom. The van der Waals surface area contributed by atoms with Crippen LogP contribution in [0.25, 0.3) is 12.2 Å². The van der Waals surface area contributed by atoms with Gasteiger partial charge in [-0.2, -0.15) is 4.31 Å². The fraction of sp³-hybridized carbons (Fsp3) is 0.565. The van der Waals surface area contributed by atoms with Crippen molar-refractivity contribution in [3.63, 3.8) is 0 Å². The van der Waals surface area contributed by atoms with Gasteiger partial charge in [0.25, 0.3) is 0 Å². The maximum Gasteiger partial charge on any atom is 0.248 e. The van der Waals surface area contributed by atoms with Crippen LogP contribution in [0.15, 0.2) is 32.2 Å². The van der Waals surface area contributed by atoms with E-state index >= 15 is 0 Å². The molecule has 2 atom stereocenters. The fourth-order valence-corrected chi connectivity index (χ4v) is 6.64. The summed E-state index contributed by atoms with van der Waals surface area (Å²) in [6, 6.07) is 3.51. The highest BCUT2D eigenvalue weighted by molar-refractivity contribution is 7.89. The van der Waals surface area contributed by atoms with Crippen molar-refractivity contribution in [3.8, 4) is 0 Å². The minimum Gasteiger partial charge on any atom is -0.465 e. The first-order valence-corrected chi connectivity index (χ1v) is 12.7. The third kappa shape index (κ3) is 4.68. The van der Waals surface area contributed by atoms with Gasteiger partial charge in [-0.15, -0.1) is 0 Å². The van der Waals surface area contributed by atoms with Crippen LogP contribution < -0.4 is 0 Å². The number of furan rings is 1.